The predicted molar refractivity (Wildman–Crippen MR) is 444 cm³/mol. The first-order valence-electron chi connectivity index (χ1n) is 39.7. The highest BCUT2D eigenvalue weighted by Gasteiger charge is 2.46. The van der Waals surface area contributed by atoms with Gasteiger partial charge in [0, 0.05) is 188 Å². The van der Waals surface area contributed by atoms with Crippen LogP contribution in [0.4, 0.5) is 0 Å². The monoisotopic (exact) mass is 1590 g/mol. The molecule has 2 N–H and O–H groups in total. The summed E-state index contributed by atoms with van der Waals surface area (Å²) in [6.07, 6.45) is 12.6. The molecule has 0 aliphatic carbocycles. The van der Waals surface area contributed by atoms with Gasteiger partial charge >= 0.3 is 0 Å². The van der Waals surface area contributed by atoms with Crippen molar-refractivity contribution in [1.29, 1.82) is 0 Å². The first-order chi connectivity index (χ1) is 55.2. The van der Waals surface area contributed by atoms with E-state index < -0.39 is 0 Å². The summed E-state index contributed by atoms with van der Waals surface area (Å²) in [5.74, 6) is 12.2. The van der Waals surface area contributed by atoms with Crippen molar-refractivity contribution in [2.24, 2.45) is 0 Å². The van der Waals surface area contributed by atoms with Gasteiger partial charge in [-0.3, -0.25) is 29.8 Å². The van der Waals surface area contributed by atoms with E-state index in [0.717, 1.165) is 177 Å². The maximum absolute atomic E-state index is 9.80. The molecule has 113 heavy (non-hydrogen) atoms. The van der Waals surface area contributed by atoms with Crippen LogP contribution in [0.25, 0.3) is 0 Å². The SMILES string of the molecule is CCCCN1C[C@@H]2c3ncccc3Oc3cc(Cl)ccc3[C@@H]2C1.CCCN1C[C@@H]2c3ncccc3Oc3cc(Cl)ccc3[C@@H]2C1.CCN1C[C@@H]2c3ncccc3Oc3cc(Cl)ccc3[C@@H]2C1.CN1C[C@@H]2c3ncc(O)cc3Oc3ccc(O)cc3[C@@H]2C1.Clc1ccc2c(c1)Oc1cccnc1[C@H]1CN(Cc3ccccc3)C[C@@H]21. The summed E-state index contributed by atoms with van der Waals surface area (Å²) in [6, 6.07) is 57.3. The molecule has 0 spiro atoms. The van der Waals surface area contributed by atoms with Gasteiger partial charge < -0.3 is 53.5 Å². The molecule has 0 radical (unpaired) electrons. The number of likely N-dealkylation sites (N-methyl/N-ethyl adjacent to an activating group) is 2. The van der Waals surface area contributed by atoms with Crippen molar-refractivity contribution in [3.05, 3.63) is 289 Å². The number of ether oxygens (including phenoxy) is 5. The molecular weight excluding hydrogens is 1500 g/mol. The zero-order valence-electron chi connectivity index (χ0n) is 63.8. The number of benzene rings is 6. The number of aromatic nitrogens is 5. The first kappa shape index (κ1) is 76.3. The Morgan fingerprint density at radius 3 is 1.16 bits per heavy atom. The van der Waals surface area contributed by atoms with Crippen LogP contribution in [0.2, 0.25) is 20.1 Å². The van der Waals surface area contributed by atoms with E-state index in [0.29, 0.717) is 73.2 Å². The number of nitrogens with zero attached hydrogens (tertiary/aromatic N) is 10. The molecule has 15 heterocycles. The molecule has 10 aliphatic rings. The lowest BCUT2D eigenvalue weighted by Gasteiger charge is -2.17. The van der Waals surface area contributed by atoms with Gasteiger partial charge in [-0.2, -0.15) is 0 Å². The van der Waals surface area contributed by atoms with Gasteiger partial charge in [0.1, 0.15) is 63.2 Å². The van der Waals surface area contributed by atoms with E-state index in [2.05, 4.69) is 132 Å². The van der Waals surface area contributed by atoms with E-state index in [4.69, 9.17) is 70.1 Å². The molecule has 0 bridgehead atoms. The number of pyridine rings is 5. The lowest BCUT2D eigenvalue weighted by molar-refractivity contribution is 0.321. The maximum Gasteiger partial charge on any atom is 0.152 e. The van der Waals surface area contributed by atoms with Crippen LogP contribution >= 0.6 is 46.4 Å². The largest absolute Gasteiger partial charge is 0.508 e. The second-order valence-corrected chi connectivity index (χ2v) is 33.0. The smallest absolute Gasteiger partial charge is 0.152 e. The summed E-state index contributed by atoms with van der Waals surface area (Å²) in [7, 11) is 2.08. The number of hydrogen-bond donors (Lipinski definition) is 2. The van der Waals surface area contributed by atoms with Gasteiger partial charge in [-0.25, -0.2) is 0 Å². The second-order valence-electron chi connectivity index (χ2n) is 31.3. The normalized spacial score (nSPS) is 22.8. The van der Waals surface area contributed by atoms with Crippen molar-refractivity contribution < 1.29 is 33.9 Å². The minimum Gasteiger partial charge on any atom is -0.508 e. The van der Waals surface area contributed by atoms with E-state index in [1.807, 2.05) is 122 Å². The van der Waals surface area contributed by atoms with Crippen LogP contribution in [0, 0.1) is 0 Å². The molecule has 21 heteroatoms. The molecule has 5 saturated heterocycles. The fraction of sp³-hybridized carbons (Fsp3) is 0.337. The number of halogens is 4. The van der Waals surface area contributed by atoms with Crippen molar-refractivity contribution in [2.45, 2.75) is 106 Å². The Labute approximate surface area is 681 Å². The minimum absolute atomic E-state index is 0.0962. The van der Waals surface area contributed by atoms with Crippen LogP contribution < -0.4 is 23.7 Å². The Morgan fingerprint density at radius 2 is 0.708 bits per heavy atom. The standard InChI is InChI=1S/C22H19ClN2O.C19H21ClN2O.C18H19ClN2O.C17H17ClN2O.C16H16N2O3/c23-16-8-9-17-18-13-25(12-15-5-2-1-3-6-15)14-19(18)22-20(7-4-10-24-22)26-21(17)11-16;1-2-3-9-22-11-15-14-7-6-13(20)10-18(14)23-17-5-4-8-21-19(17)16(15)12-22;1-2-8-21-10-14-13-6-5-12(19)9-17(13)22-16-4-3-7-20-18(16)15(14)11-21;1-2-20-9-13-12-6-5-11(18)8-16(12)21-15-4-3-7-19-17(15)14(13)10-20;1-18-7-12-11-4-9(19)2-3-14(11)21-15-5-10(20)6-17-16(15)13(12)8-18/h1-11,18-19H,12-14H2;4-8,10,15-16H,2-3,9,11-12H2,1H3;3-7,9,14-15H,2,8,10-11H2,1H3;3-8,13-14H,2,9-10H2,1H3;2-6,12-13,19-20H,7-8H2,1H3/t18-,19-;15-,16-;14-,15-;13-,14-;12-,13-/m00000/s1. The summed E-state index contributed by atoms with van der Waals surface area (Å²) in [6.45, 7) is 21.1. The van der Waals surface area contributed by atoms with Gasteiger partial charge in [0.05, 0.1) is 34.7 Å². The highest BCUT2D eigenvalue weighted by molar-refractivity contribution is 6.31. The minimum atomic E-state index is 0.0962. The molecule has 0 saturated carbocycles. The molecule has 0 unspecified atom stereocenters. The molecule has 6 aromatic carbocycles. The van der Waals surface area contributed by atoms with Crippen molar-refractivity contribution in [1.82, 2.24) is 49.4 Å². The number of unbranched alkanes of at least 4 members (excludes halogenated alkanes) is 1. The molecule has 21 rings (SSSR count). The summed E-state index contributed by atoms with van der Waals surface area (Å²) in [5.41, 5.74) is 12.5. The van der Waals surface area contributed by atoms with Crippen LogP contribution in [0.1, 0.15) is 161 Å². The number of aromatic hydroxyl groups is 2. The quantitative estimate of drug-likeness (QED) is 0.147. The molecule has 5 fully saturated rings. The zero-order valence-corrected chi connectivity index (χ0v) is 66.9. The lowest BCUT2D eigenvalue weighted by Crippen LogP contribution is -2.22. The second kappa shape index (κ2) is 33.6. The molecular formula is C92H92Cl4N10O7. The van der Waals surface area contributed by atoms with Crippen molar-refractivity contribution in [2.75, 3.05) is 92.1 Å². The number of phenols is 1. The topological polar surface area (TPSA) is 167 Å². The van der Waals surface area contributed by atoms with Crippen LogP contribution in [0.15, 0.2) is 207 Å². The third-order valence-electron chi connectivity index (χ3n) is 24.0. The molecule has 10 aliphatic heterocycles. The van der Waals surface area contributed by atoms with Crippen LogP contribution in [0.3, 0.4) is 0 Å². The van der Waals surface area contributed by atoms with Gasteiger partial charge in [-0.05, 0) is 183 Å². The van der Waals surface area contributed by atoms with Crippen LogP contribution in [-0.2, 0) is 6.54 Å². The van der Waals surface area contributed by atoms with Crippen molar-refractivity contribution in [3.63, 3.8) is 0 Å². The maximum atomic E-state index is 9.80. The average Bonchev–Trinajstić information content (AvgIpc) is 1.65. The first-order valence-corrected chi connectivity index (χ1v) is 41.2. The summed E-state index contributed by atoms with van der Waals surface area (Å²) < 4.78 is 30.6. The zero-order chi connectivity index (χ0) is 77.4. The van der Waals surface area contributed by atoms with Gasteiger partial charge in [-0.1, -0.05) is 128 Å². The Kier molecular flexibility index (Phi) is 22.7. The Morgan fingerprint density at radius 1 is 0.327 bits per heavy atom. The Balaban J connectivity index is 0.000000102. The Bertz CT molecular complexity index is 5260. The van der Waals surface area contributed by atoms with E-state index in [1.54, 1.807) is 24.3 Å². The van der Waals surface area contributed by atoms with Gasteiger partial charge in [0.25, 0.3) is 0 Å². The van der Waals surface area contributed by atoms with Gasteiger partial charge in [-0.15, -0.1) is 0 Å². The number of rotatable bonds is 8. The highest BCUT2D eigenvalue weighted by Crippen LogP contribution is 2.56. The number of hydrogen-bond acceptors (Lipinski definition) is 17. The summed E-state index contributed by atoms with van der Waals surface area (Å²) >= 11 is 24.7. The van der Waals surface area contributed by atoms with Crippen LogP contribution in [0.5, 0.6) is 69.0 Å². The number of phenolic OH excluding ortho intramolecular Hbond substituents is 1. The predicted octanol–water partition coefficient (Wildman–Crippen LogP) is 20.9. The summed E-state index contributed by atoms with van der Waals surface area (Å²) in [4.78, 5) is 35.4. The van der Waals surface area contributed by atoms with Crippen molar-refractivity contribution >= 4 is 46.4 Å². The van der Waals surface area contributed by atoms with E-state index >= 15 is 0 Å². The molecule has 17 nitrogen and oxygen atoms in total. The van der Waals surface area contributed by atoms with Crippen molar-refractivity contribution in [3.8, 4) is 69.0 Å². The van der Waals surface area contributed by atoms with Gasteiger partial charge in [0.15, 0.2) is 5.75 Å². The fourth-order valence-corrected chi connectivity index (χ4v) is 19.4. The number of likely N-dealkylation sites (tertiary alicyclic amines) is 5. The molecule has 10 atom stereocenters. The lowest BCUT2D eigenvalue weighted by atomic mass is 9.86. The molecule has 580 valence electrons. The highest BCUT2D eigenvalue weighted by atomic mass is 35.5. The molecule has 11 aromatic rings. The fourth-order valence-electron chi connectivity index (χ4n) is 18.8. The number of fused-ring (bicyclic) bond motifs is 25. The van der Waals surface area contributed by atoms with Crippen LogP contribution in [-0.4, -0.2) is 152 Å². The average molecular weight is 1590 g/mol. The third-order valence-corrected chi connectivity index (χ3v) is 24.9. The summed E-state index contributed by atoms with van der Waals surface area (Å²) in [5, 5.41) is 22.3. The van der Waals surface area contributed by atoms with E-state index in [9.17, 15) is 10.2 Å². The Hall–Kier alpha value is -9.37. The van der Waals surface area contributed by atoms with E-state index in [-0.39, 0.29) is 23.3 Å². The molecule has 0 amide bonds. The van der Waals surface area contributed by atoms with Gasteiger partial charge in [0.2, 0.25) is 0 Å². The third kappa shape index (κ3) is 16.2. The molecule has 5 aromatic heterocycles. The van der Waals surface area contributed by atoms with E-state index in [1.165, 1.54) is 53.3 Å².